The molecule has 0 aliphatic carbocycles. The summed E-state index contributed by atoms with van der Waals surface area (Å²) in [5, 5.41) is 0. The predicted octanol–water partition coefficient (Wildman–Crippen LogP) is 2.08. The van der Waals surface area contributed by atoms with Crippen LogP contribution in [0.5, 0.6) is 0 Å². The Morgan fingerprint density at radius 3 is 2.81 bits per heavy atom. The monoisotopic (exact) mass is 224 g/mol. The zero-order valence-corrected chi connectivity index (χ0v) is 9.03. The highest BCUT2D eigenvalue weighted by Gasteiger charge is 2.22. The van der Waals surface area contributed by atoms with Crippen molar-refractivity contribution in [3.05, 3.63) is 35.1 Å². The van der Waals surface area contributed by atoms with Gasteiger partial charge in [0, 0.05) is 0 Å². The number of ether oxygens (including phenoxy) is 2. The number of halogens is 1. The van der Waals surface area contributed by atoms with E-state index in [0.717, 1.165) is 5.56 Å². The van der Waals surface area contributed by atoms with Crippen LogP contribution in [0.1, 0.15) is 22.3 Å². The Balaban J connectivity index is 2.10. The van der Waals surface area contributed by atoms with Crippen LogP contribution in [0.15, 0.2) is 18.2 Å². The number of Topliss-reactive ketones (excluding diaryl/α,β-unsaturated/α-hetero) is 1. The molecule has 1 saturated heterocycles. The normalized spacial score (nSPS) is 16.6. The minimum absolute atomic E-state index is 0.0698. The van der Waals surface area contributed by atoms with Gasteiger partial charge in [-0.1, -0.05) is 11.6 Å². The lowest BCUT2D eigenvalue weighted by Crippen LogP contribution is -2.15. The SMILES string of the molecule is Cc1ccc(F)c(C(=O)CC2OCCO2)c1. The fraction of sp³-hybridized carbons (Fsp3) is 0.417. The predicted molar refractivity (Wildman–Crippen MR) is 55.8 cm³/mol. The molecule has 0 bridgehead atoms. The first-order valence-electron chi connectivity index (χ1n) is 5.19. The molecule has 0 amide bonds. The summed E-state index contributed by atoms with van der Waals surface area (Å²) in [6.45, 7) is 2.81. The van der Waals surface area contributed by atoms with E-state index in [0.29, 0.717) is 13.2 Å². The molecule has 0 spiro atoms. The van der Waals surface area contributed by atoms with Gasteiger partial charge >= 0.3 is 0 Å². The second-order valence-corrected chi connectivity index (χ2v) is 3.78. The first-order chi connectivity index (χ1) is 7.66. The first kappa shape index (κ1) is 11.2. The van der Waals surface area contributed by atoms with E-state index in [4.69, 9.17) is 9.47 Å². The van der Waals surface area contributed by atoms with Crippen molar-refractivity contribution < 1.29 is 18.7 Å². The third-order valence-electron chi connectivity index (χ3n) is 2.47. The Hall–Kier alpha value is -1.26. The summed E-state index contributed by atoms with van der Waals surface area (Å²) in [5.41, 5.74) is 0.970. The topological polar surface area (TPSA) is 35.5 Å². The molecule has 1 aliphatic heterocycles. The largest absolute Gasteiger partial charge is 0.350 e. The smallest absolute Gasteiger partial charge is 0.170 e. The lowest BCUT2D eigenvalue weighted by Gasteiger charge is -2.08. The Kier molecular flexibility index (Phi) is 3.31. The van der Waals surface area contributed by atoms with Gasteiger partial charge in [-0.3, -0.25) is 4.79 Å². The van der Waals surface area contributed by atoms with E-state index in [1.54, 1.807) is 12.1 Å². The minimum atomic E-state index is -0.521. The van der Waals surface area contributed by atoms with Crippen molar-refractivity contribution in [2.45, 2.75) is 19.6 Å². The number of aryl methyl sites for hydroxylation is 1. The van der Waals surface area contributed by atoms with Crippen molar-refractivity contribution in [1.29, 1.82) is 0 Å². The quantitative estimate of drug-likeness (QED) is 0.737. The Morgan fingerprint density at radius 2 is 2.12 bits per heavy atom. The summed E-state index contributed by atoms with van der Waals surface area (Å²) >= 11 is 0. The zero-order chi connectivity index (χ0) is 11.5. The molecular weight excluding hydrogens is 211 g/mol. The van der Waals surface area contributed by atoms with Crippen LogP contribution < -0.4 is 0 Å². The van der Waals surface area contributed by atoms with Crippen molar-refractivity contribution >= 4 is 5.78 Å². The molecule has 4 heteroatoms. The van der Waals surface area contributed by atoms with Gasteiger partial charge in [0.2, 0.25) is 0 Å². The van der Waals surface area contributed by atoms with Gasteiger partial charge in [-0.2, -0.15) is 0 Å². The van der Waals surface area contributed by atoms with Gasteiger partial charge in [-0.25, -0.2) is 4.39 Å². The molecule has 86 valence electrons. The summed E-state index contributed by atoms with van der Waals surface area (Å²) in [7, 11) is 0. The number of hydrogen-bond acceptors (Lipinski definition) is 3. The Labute approximate surface area is 93.2 Å². The third-order valence-corrected chi connectivity index (χ3v) is 2.47. The number of hydrogen-bond donors (Lipinski definition) is 0. The number of benzene rings is 1. The molecule has 1 aromatic rings. The highest BCUT2D eigenvalue weighted by Crippen LogP contribution is 2.16. The van der Waals surface area contributed by atoms with Gasteiger partial charge < -0.3 is 9.47 Å². The van der Waals surface area contributed by atoms with Crippen LogP contribution in [-0.4, -0.2) is 25.3 Å². The number of rotatable bonds is 3. The van der Waals surface area contributed by atoms with Gasteiger partial charge in [0.15, 0.2) is 12.1 Å². The van der Waals surface area contributed by atoms with Gasteiger partial charge in [0.25, 0.3) is 0 Å². The van der Waals surface area contributed by atoms with Crippen LogP contribution in [0.3, 0.4) is 0 Å². The van der Waals surface area contributed by atoms with E-state index in [1.807, 2.05) is 6.92 Å². The van der Waals surface area contributed by atoms with E-state index in [1.165, 1.54) is 6.07 Å². The standard InChI is InChI=1S/C12H13FO3/c1-8-2-3-10(13)9(6-8)11(14)7-12-15-4-5-16-12/h2-3,6,12H,4-5,7H2,1H3. The molecular formula is C12H13FO3. The molecule has 0 saturated carbocycles. The van der Waals surface area contributed by atoms with Crippen LogP contribution >= 0.6 is 0 Å². The molecule has 3 nitrogen and oxygen atoms in total. The first-order valence-corrected chi connectivity index (χ1v) is 5.19. The second kappa shape index (κ2) is 4.72. The molecule has 2 rings (SSSR count). The highest BCUT2D eigenvalue weighted by atomic mass is 19.1. The minimum Gasteiger partial charge on any atom is -0.350 e. The van der Waals surface area contributed by atoms with Gasteiger partial charge in [0.05, 0.1) is 25.2 Å². The van der Waals surface area contributed by atoms with E-state index in [9.17, 15) is 9.18 Å². The van der Waals surface area contributed by atoms with E-state index < -0.39 is 12.1 Å². The van der Waals surface area contributed by atoms with Crippen LogP contribution in [0, 0.1) is 12.7 Å². The molecule has 1 aromatic carbocycles. The molecule has 0 N–H and O–H groups in total. The molecule has 0 aromatic heterocycles. The van der Waals surface area contributed by atoms with Gasteiger partial charge in [0.1, 0.15) is 5.82 Å². The lowest BCUT2D eigenvalue weighted by atomic mass is 10.0. The summed E-state index contributed by atoms with van der Waals surface area (Å²) in [6.07, 6.45) is -0.451. The van der Waals surface area contributed by atoms with E-state index in [2.05, 4.69) is 0 Å². The van der Waals surface area contributed by atoms with Crippen LogP contribution in [0.2, 0.25) is 0 Å². The fourth-order valence-corrected chi connectivity index (χ4v) is 1.64. The molecule has 0 atom stereocenters. The fourth-order valence-electron chi connectivity index (χ4n) is 1.64. The maximum absolute atomic E-state index is 13.4. The maximum atomic E-state index is 13.4. The Bertz CT molecular complexity index is 397. The number of ketones is 1. The summed E-state index contributed by atoms with van der Waals surface area (Å²) in [6, 6.07) is 4.49. The third kappa shape index (κ3) is 2.46. The maximum Gasteiger partial charge on any atom is 0.170 e. The van der Waals surface area contributed by atoms with E-state index in [-0.39, 0.29) is 17.8 Å². The molecule has 0 unspecified atom stereocenters. The molecule has 1 heterocycles. The molecule has 16 heavy (non-hydrogen) atoms. The van der Waals surface area contributed by atoms with Crippen molar-refractivity contribution in [1.82, 2.24) is 0 Å². The van der Waals surface area contributed by atoms with Crippen molar-refractivity contribution in [3.8, 4) is 0 Å². The van der Waals surface area contributed by atoms with Crippen molar-refractivity contribution in [3.63, 3.8) is 0 Å². The summed E-state index contributed by atoms with van der Waals surface area (Å²) < 4.78 is 23.7. The van der Waals surface area contributed by atoms with Gasteiger partial charge in [-0.15, -0.1) is 0 Å². The van der Waals surface area contributed by atoms with Crippen LogP contribution in [0.4, 0.5) is 4.39 Å². The summed E-state index contributed by atoms with van der Waals surface area (Å²) in [5.74, 6) is -0.776. The average molecular weight is 224 g/mol. The summed E-state index contributed by atoms with van der Waals surface area (Å²) in [4.78, 5) is 11.8. The molecule has 1 fully saturated rings. The van der Waals surface area contributed by atoms with Crippen LogP contribution in [0.25, 0.3) is 0 Å². The average Bonchev–Trinajstić information content (AvgIpc) is 2.74. The second-order valence-electron chi connectivity index (χ2n) is 3.78. The molecule has 1 aliphatic rings. The number of carbonyl (C=O) groups is 1. The van der Waals surface area contributed by atoms with E-state index >= 15 is 0 Å². The van der Waals surface area contributed by atoms with Gasteiger partial charge in [-0.05, 0) is 19.1 Å². The lowest BCUT2D eigenvalue weighted by molar-refractivity contribution is -0.0408. The molecule has 0 radical (unpaired) electrons. The van der Waals surface area contributed by atoms with Crippen molar-refractivity contribution in [2.24, 2.45) is 0 Å². The number of carbonyl (C=O) groups excluding carboxylic acids is 1. The van der Waals surface area contributed by atoms with Crippen LogP contribution in [-0.2, 0) is 9.47 Å². The highest BCUT2D eigenvalue weighted by molar-refractivity contribution is 5.96. The zero-order valence-electron chi connectivity index (χ0n) is 9.03. The Morgan fingerprint density at radius 1 is 1.44 bits per heavy atom. The van der Waals surface area contributed by atoms with Crippen molar-refractivity contribution in [2.75, 3.05) is 13.2 Å².